The average Bonchev–Trinajstić information content (AvgIpc) is 3.07. The first-order valence-corrected chi connectivity index (χ1v) is 8.45. The van der Waals surface area contributed by atoms with Crippen molar-refractivity contribution >= 4 is 34.2 Å². The zero-order valence-electron chi connectivity index (χ0n) is 13.9. The number of carbonyl (C=O) groups is 1. The fourth-order valence-corrected chi connectivity index (χ4v) is 3.00. The number of para-hydroxylation sites is 2. The lowest BCUT2D eigenvalue weighted by atomic mass is 10.1. The van der Waals surface area contributed by atoms with Crippen molar-refractivity contribution < 1.29 is 9.72 Å². The summed E-state index contributed by atoms with van der Waals surface area (Å²) in [5.74, 6) is 0.166. The summed E-state index contributed by atoms with van der Waals surface area (Å²) in [6.07, 6.45) is 0. The van der Waals surface area contributed by atoms with Gasteiger partial charge in [0, 0.05) is 28.3 Å². The minimum atomic E-state index is -0.500. The standard InChI is InChI=1S/C20H12ClN3O3/c21-15-9-5-13(6-10-15)19-22-17-3-1-2-4-18(17)23(19)20(25)14-7-11-16(12-8-14)24(26)27/h1-12H. The molecular weight excluding hydrogens is 366 g/mol. The van der Waals surface area contributed by atoms with Gasteiger partial charge >= 0.3 is 0 Å². The molecule has 27 heavy (non-hydrogen) atoms. The molecule has 3 aromatic carbocycles. The summed E-state index contributed by atoms with van der Waals surface area (Å²) in [7, 11) is 0. The van der Waals surface area contributed by atoms with Crippen LogP contribution in [0.2, 0.25) is 5.02 Å². The van der Waals surface area contributed by atoms with E-state index in [1.165, 1.54) is 28.8 Å². The van der Waals surface area contributed by atoms with Gasteiger partial charge in [0.1, 0.15) is 5.82 Å². The monoisotopic (exact) mass is 377 g/mol. The highest BCUT2D eigenvalue weighted by molar-refractivity contribution is 6.30. The Balaban J connectivity index is 1.89. The Bertz CT molecular complexity index is 1170. The molecule has 0 N–H and O–H groups in total. The minimum Gasteiger partial charge on any atom is -0.268 e. The Hall–Kier alpha value is -3.51. The second-order valence-electron chi connectivity index (χ2n) is 5.88. The van der Waals surface area contributed by atoms with E-state index in [0.29, 0.717) is 27.4 Å². The molecule has 0 spiro atoms. The number of carbonyl (C=O) groups excluding carboxylic acids is 1. The van der Waals surface area contributed by atoms with E-state index < -0.39 is 4.92 Å². The first-order chi connectivity index (χ1) is 13.0. The Labute approximate surface area is 158 Å². The maximum atomic E-state index is 13.2. The van der Waals surface area contributed by atoms with Gasteiger partial charge in [-0.3, -0.25) is 19.5 Å². The fraction of sp³-hybridized carbons (Fsp3) is 0. The van der Waals surface area contributed by atoms with E-state index in [9.17, 15) is 14.9 Å². The van der Waals surface area contributed by atoms with Crippen molar-refractivity contribution in [3.8, 4) is 11.4 Å². The Morgan fingerprint density at radius 1 is 0.963 bits per heavy atom. The number of benzene rings is 3. The highest BCUT2D eigenvalue weighted by Crippen LogP contribution is 2.27. The number of hydrogen-bond acceptors (Lipinski definition) is 4. The second-order valence-corrected chi connectivity index (χ2v) is 6.31. The summed E-state index contributed by atoms with van der Waals surface area (Å²) in [4.78, 5) is 28.1. The van der Waals surface area contributed by atoms with Gasteiger partial charge in [0.05, 0.1) is 16.0 Å². The number of halogens is 1. The number of imidazole rings is 1. The molecule has 0 fully saturated rings. The lowest BCUT2D eigenvalue weighted by Gasteiger charge is -2.08. The molecule has 1 heterocycles. The molecule has 0 bridgehead atoms. The zero-order chi connectivity index (χ0) is 19.0. The Morgan fingerprint density at radius 2 is 1.63 bits per heavy atom. The number of nitro groups is 1. The molecule has 4 rings (SSSR count). The first kappa shape index (κ1) is 16.9. The Kier molecular flexibility index (Phi) is 4.18. The molecule has 0 saturated heterocycles. The molecule has 0 aliphatic heterocycles. The predicted molar refractivity (Wildman–Crippen MR) is 103 cm³/mol. The molecule has 0 amide bonds. The number of non-ortho nitro benzene ring substituents is 1. The van der Waals surface area contributed by atoms with Crippen LogP contribution < -0.4 is 0 Å². The quantitative estimate of drug-likeness (QED) is 0.373. The average molecular weight is 378 g/mol. The minimum absolute atomic E-state index is 0.0695. The van der Waals surface area contributed by atoms with Gasteiger partial charge in [-0.05, 0) is 48.5 Å². The van der Waals surface area contributed by atoms with Crippen LogP contribution in [0.5, 0.6) is 0 Å². The van der Waals surface area contributed by atoms with Crippen LogP contribution in [0.15, 0.2) is 72.8 Å². The number of fused-ring (bicyclic) bond motifs is 1. The number of aromatic nitrogens is 2. The van der Waals surface area contributed by atoms with Crippen molar-refractivity contribution in [1.82, 2.24) is 9.55 Å². The van der Waals surface area contributed by atoms with Gasteiger partial charge in [0.2, 0.25) is 0 Å². The summed E-state index contributed by atoms with van der Waals surface area (Å²) in [6, 6.07) is 19.9. The fourth-order valence-electron chi connectivity index (χ4n) is 2.88. The molecule has 0 saturated carbocycles. The van der Waals surface area contributed by atoms with Gasteiger partial charge in [0.25, 0.3) is 11.6 Å². The molecular formula is C20H12ClN3O3. The molecule has 7 heteroatoms. The summed E-state index contributed by atoms with van der Waals surface area (Å²) in [5, 5.41) is 11.4. The number of hydrogen-bond donors (Lipinski definition) is 0. The van der Waals surface area contributed by atoms with E-state index in [4.69, 9.17) is 11.6 Å². The van der Waals surface area contributed by atoms with Gasteiger partial charge < -0.3 is 0 Å². The SMILES string of the molecule is O=C(c1ccc([N+](=O)[O-])cc1)n1c(-c2ccc(Cl)cc2)nc2ccccc21. The van der Waals surface area contributed by atoms with E-state index >= 15 is 0 Å². The molecule has 0 unspecified atom stereocenters. The predicted octanol–water partition coefficient (Wildman–Crippen LogP) is 4.95. The Morgan fingerprint density at radius 3 is 2.30 bits per heavy atom. The third kappa shape index (κ3) is 3.07. The van der Waals surface area contributed by atoms with Gasteiger partial charge in [-0.2, -0.15) is 0 Å². The van der Waals surface area contributed by atoms with Gasteiger partial charge in [-0.1, -0.05) is 23.7 Å². The summed E-state index contributed by atoms with van der Waals surface area (Å²) in [5.41, 5.74) is 2.34. The van der Waals surface area contributed by atoms with Crippen molar-refractivity contribution in [2.24, 2.45) is 0 Å². The molecule has 0 aliphatic carbocycles. The van der Waals surface area contributed by atoms with Crippen LogP contribution in [0.4, 0.5) is 5.69 Å². The molecule has 0 radical (unpaired) electrons. The zero-order valence-corrected chi connectivity index (χ0v) is 14.6. The van der Waals surface area contributed by atoms with E-state index in [1.807, 2.05) is 24.3 Å². The van der Waals surface area contributed by atoms with Crippen molar-refractivity contribution in [1.29, 1.82) is 0 Å². The topological polar surface area (TPSA) is 78.0 Å². The van der Waals surface area contributed by atoms with Crippen LogP contribution in [-0.2, 0) is 0 Å². The number of nitrogens with zero attached hydrogens (tertiary/aromatic N) is 3. The normalized spacial score (nSPS) is 10.9. The molecule has 0 aliphatic rings. The van der Waals surface area contributed by atoms with Gasteiger partial charge in [-0.25, -0.2) is 4.98 Å². The third-order valence-electron chi connectivity index (χ3n) is 4.19. The number of nitro benzene ring substituents is 1. The first-order valence-electron chi connectivity index (χ1n) is 8.07. The summed E-state index contributed by atoms with van der Waals surface area (Å²) < 4.78 is 1.51. The molecule has 1 aromatic heterocycles. The van der Waals surface area contributed by atoms with Crippen LogP contribution in [0.1, 0.15) is 10.4 Å². The van der Waals surface area contributed by atoms with Crippen LogP contribution in [0.3, 0.4) is 0 Å². The highest BCUT2D eigenvalue weighted by atomic mass is 35.5. The highest BCUT2D eigenvalue weighted by Gasteiger charge is 2.20. The van der Waals surface area contributed by atoms with Crippen molar-refractivity contribution in [2.45, 2.75) is 0 Å². The van der Waals surface area contributed by atoms with Crippen molar-refractivity contribution in [3.63, 3.8) is 0 Å². The maximum absolute atomic E-state index is 13.2. The molecule has 132 valence electrons. The lowest BCUT2D eigenvalue weighted by Crippen LogP contribution is -2.13. The van der Waals surface area contributed by atoms with E-state index in [0.717, 1.165) is 5.56 Å². The van der Waals surface area contributed by atoms with Crippen LogP contribution in [-0.4, -0.2) is 20.4 Å². The van der Waals surface area contributed by atoms with E-state index in [2.05, 4.69) is 4.98 Å². The van der Waals surface area contributed by atoms with Gasteiger partial charge in [0.15, 0.2) is 0 Å². The van der Waals surface area contributed by atoms with Gasteiger partial charge in [-0.15, -0.1) is 0 Å². The summed E-state index contributed by atoms with van der Waals surface area (Å²) >= 11 is 5.97. The van der Waals surface area contributed by atoms with Crippen LogP contribution in [0.25, 0.3) is 22.4 Å². The summed E-state index contributed by atoms with van der Waals surface area (Å²) in [6.45, 7) is 0. The van der Waals surface area contributed by atoms with E-state index in [1.54, 1.807) is 24.3 Å². The van der Waals surface area contributed by atoms with Crippen molar-refractivity contribution in [2.75, 3.05) is 0 Å². The maximum Gasteiger partial charge on any atom is 0.269 e. The van der Waals surface area contributed by atoms with E-state index in [-0.39, 0.29) is 11.6 Å². The number of rotatable bonds is 3. The third-order valence-corrected chi connectivity index (χ3v) is 4.44. The van der Waals surface area contributed by atoms with Crippen LogP contribution >= 0.6 is 11.6 Å². The van der Waals surface area contributed by atoms with Crippen molar-refractivity contribution in [3.05, 3.63) is 93.5 Å². The molecule has 0 atom stereocenters. The second kappa shape index (κ2) is 6.66. The van der Waals surface area contributed by atoms with Crippen LogP contribution in [0, 0.1) is 10.1 Å². The lowest BCUT2D eigenvalue weighted by molar-refractivity contribution is -0.384. The molecule has 4 aromatic rings. The largest absolute Gasteiger partial charge is 0.269 e. The smallest absolute Gasteiger partial charge is 0.268 e. The molecule has 6 nitrogen and oxygen atoms in total.